The SMILES string of the molecule is OCCOC[C@H](O)COCc1ccccc1. The van der Waals surface area contributed by atoms with Crippen molar-refractivity contribution >= 4 is 0 Å². The molecular weight excluding hydrogens is 208 g/mol. The Morgan fingerprint density at radius 1 is 1.06 bits per heavy atom. The molecule has 1 atom stereocenters. The first-order valence-electron chi connectivity index (χ1n) is 5.31. The van der Waals surface area contributed by atoms with Gasteiger partial charge in [0.2, 0.25) is 0 Å². The second-order valence-electron chi connectivity index (χ2n) is 3.45. The Hall–Kier alpha value is -0.940. The molecule has 2 N–H and O–H groups in total. The van der Waals surface area contributed by atoms with E-state index < -0.39 is 6.10 Å². The van der Waals surface area contributed by atoms with E-state index >= 15 is 0 Å². The monoisotopic (exact) mass is 226 g/mol. The van der Waals surface area contributed by atoms with Crippen LogP contribution in [-0.2, 0) is 16.1 Å². The Labute approximate surface area is 95.4 Å². The molecule has 0 fully saturated rings. The lowest BCUT2D eigenvalue weighted by Crippen LogP contribution is -2.22. The molecule has 0 spiro atoms. The van der Waals surface area contributed by atoms with Gasteiger partial charge in [0, 0.05) is 0 Å². The van der Waals surface area contributed by atoms with Crippen LogP contribution in [0.4, 0.5) is 0 Å². The Balaban J connectivity index is 2.06. The molecule has 0 aliphatic heterocycles. The molecular formula is C12H18O4. The summed E-state index contributed by atoms with van der Waals surface area (Å²) in [5, 5.41) is 17.9. The van der Waals surface area contributed by atoms with Crippen LogP contribution in [-0.4, -0.2) is 42.7 Å². The zero-order valence-corrected chi connectivity index (χ0v) is 9.21. The minimum Gasteiger partial charge on any atom is -0.394 e. The van der Waals surface area contributed by atoms with E-state index in [1.165, 1.54) is 0 Å². The third kappa shape index (κ3) is 5.82. The van der Waals surface area contributed by atoms with E-state index in [0.717, 1.165) is 5.56 Å². The van der Waals surface area contributed by atoms with E-state index in [0.29, 0.717) is 6.61 Å². The fourth-order valence-electron chi connectivity index (χ4n) is 1.22. The van der Waals surface area contributed by atoms with Crippen molar-refractivity contribution < 1.29 is 19.7 Å². The van der Waals surface area contributed by atoms with Crippen LogP contribution < -0.4 is 0 Å². The maximum Gasteiger partial charge on any atom is 0.101 e. The van der Waals surface area contributed by atoms with Gasteiger partial charge in [-0.1, -0.05) is 30.3 Å². The first kappa shape index (κ1) is 13.1. The van der Waals surface area contributed by atoms with E-state index in [-0.39, 0.29) is 26.4 Å². The van der Waals surface area contributed by atoms with Gasteiger partial charge in [-0.2, -0.15) is 0 Å². The number of benzene rings is 1. The summed E-state index contributed by atoms with van der Waals surface area (Å²) >= 11 is 0. The van der Waals surface area contributed by atoms with Crippen molar-refractivity contribution in [1.29, 1.82) is 0 Å². The number of hydrogen-bond acceptors (Lipinski definition) is 4. The number of ether oxygens (including phenoxy) is 2. The van der Waals surface area contributed by atoms with Gasteiger partial charge in [0.1, 0.15) is 6.10 Å². The molecule has 0 saturated heterocycles. The number of aliphatic hydroxyl groups is 2. The predicted octanol–water partition coefficient (Wildman–Crippen LogP) is 0.573. The second-order valence-corrected chi connectivity index (χ2v) is 3.45. The average molecular weight is 226 g/mol. The van der Waals surface area contributed by atoms with Crippen LogP contribution in [0.3, 0.4) is 0 Å². The maximum absolute atomic E-state index is 9.42. The molecule has 0 aromatic heterocycles. The van der Waals surface area contributed by atoms with Crippen LogP contribution in [0.25, 0.3) is 0 Å². The van der Waals surface area contributed by atoms with Crippen molar-refractivity contribution in [3.63, 3.8) is 0 Å². The summed E-state index contributed by atoms with van der Waals surface area (Å²) < 4.78 is 10.3. The normalized spacial score (nSPS) is 12.6. The highest BCUT2D eigenvalue weighted by Gasteiger charge is 2.04. The van der Waals surface area contributed by atoms with Gasteiger partial charge in [-0.3, -0.25) is 0 Å². The smallest absolute Gasteiger partial charge is 0.101 e. The number of hydrogen-bond donors (Lipinski definition) is 2. The van der Waals surface area contributed by atoms with Crippen molar-refractivity contribution in [3.8, 4) is 0 Å². The zero-order valence-electron chi connectivity index (χ0n) is 9.21. The third-order valence-corrected chi connectivity index (χ3v) is 1.97. The van der Waals surface area contributed by atoms with Crippen molar-refractivity contribution in [2.45, 2.75) is 12.7 Å². The summed E-state index contributed by atoms with van der Waals surface area (Å²) in [6.45, 7) is 1.13. The first-order valence-corrected chi connectivity index (χ1v) is 5.31. The van der Waals surface area contributed by atoms with Crippen LogP contribution in [0, 0.1) is 0 Å². The van der Waals surface area contributed by atoms with Crippen LogP contribution in [0.5, 0.6) is 0 Å². The molecule has 1 aromatic rings. The lowest BCUT2D eigenvalue weighted by atomic mass is 10.2. The summed E-state index contributed by atoms with van der Waals surface area (Å²) in [7, 11) is 0. The third-order valence-electron chi connectivity index (χ3n) is 1.97. The van der Waals surface area contributed by atoms with Crippen LogP contribution in [0.15, 0.2) is 30.3 Å². The van der Waals surface area contributed by atoms with Gasteiger partial charge in [0.15, 0.2) is 0 Å². The van der Waals surface area contributed by atoms with Gasteiger partial charge < -0.3 is 19.7 Å². The molecule has 1 rings (SSSR count). The molecule has 16 heavy (non-hydrogen) atoms. The van der Waals surface area contributed by atoms with Crippen molar-refractivity contribution in [3.05, 3.63) is 35.9 Å². The maximum atomic E-state index is 9.42. The van der Waals surface area contributed by atoms with Crippen LogP contribution in [0.1, 0.15) is 5.56 Å². The molecule has 4 heteroatoms. The van der Waals surface area contributed by atoms with Gasteiger partial charge in [0.05, 0.1) is 33.0 Å². The Kier molecular flexibility index (Phi) is 6.76. The topological polar surface area (TPSA) is 58.9 Å². The highest BCUT2D eigenvalue weighted by Crippen LogP contribution is 2.01. The van der Waals surface area contributed by atoms with Gasteiger partial charge in [-0.05, 0) is 5.56 Å². The molecule has 0 unspecified atom stereocenters. The summed E-state index contributed by atoms with van der Waals surface area (Å²) in [5.74, 6) is 0. The fraction of sp³-hybridized carbons (Fsp3) is 0.500. The molecule has 90 valence electrons. The first-order chi connectivity index (χ1) is 7.83. The fourth-order valence-corrected chi connectivity index (χ4v) is 1.22. The van der Waals surface area contributed by atoms with Crippen molar-refractivity contribution in [2.24, 2.45) is 0 Å². The van der Waals surface area contributed by atoms with Gasteiger partial charge >= 0.3 is 0 Å². The van der Waals surface area contributed by atoms with Crippen LogP contribution in [0.2, 0.25) is 0 Å². The summed E-state index contributed by atoms with van der Waals surface area (Å²) in [6.07, 6.45) is -0.643. The summed E-state index contributed by atoms with van der Waals surface area (Å²) in [6, 6.07) is 9.77. The average Bonchev–Trinajstić information content (AvgIpc) is 2.31. The minimum absolute atomic E-state index is 0.0302. The largest absolute Gasteiger partial charge is 0.394 e. The standard InChI is InChI=1S/C12H18O4/c13-6-7-15-9-12(14)10-16-8-11-4-2-1-3-5-11/h1-5,12-14H,6-10H2/t12-/m0/s1. The molecule has 4 nitrogen and oxygen atoms in total. The molecule has 0 amide bonds. The van der Waals surface area contributed by atoms with E-state index in [4.69, 9.17) is 14.6 Å². The molecule has 1 aromatic carbocycles. The molecule has 0 aliphatic rings. The van der Waals surface area contributed by atoms with Gasteiger partial charge in [-0.15, -0.1) is 0 Å². The molecule has 0 aliphatic carbocycles. The van der Waals surface area contributed by atoms with E-state index in [1.807, 2.05) is 30.3 Å². The molecule has 0 saturated carbocycles. The van der Waals surface area contributed by atoms with Crippen LogP contribution >= 0.6 is 0 Å². The molecule has 0 heterocycles. The van der Waals surface area contributed by atoms with Gasteiger partial charge in [-0.25, -0.2) is 0 Å². The molecule has 0 bridgehead atoms. The zero-order chi connectivity index (χ0) is 11.6. The lowest BCUT2D eigenvalue weighted by Gasteiger charge is -2.11. The highest BCUT2D eigenvalue weighted by atomic mass is 16.5. The lowest BCUT2D eigenvalue weighted by molar-refractivity contribution is -0.0291. The van der Waals surface area contributed by atoms with E-state index in [1.54, 1.807) is 0 Å². The number of rotatable bonds is 8. The predicted molar refractivity (Wildman–Crippen MR) is 60.0 cm³/mol. The minimum atomic E-state index is -0.643. The Morgan fingerprint density at radius 2 is 1.75 bits per heavy atom. The summed E-state index contributed by atoms with van der Waals surface area (Å²) in [4.78, 5) is 0. The van der Waals surface area contributed by atoms with Gasteiger partial charge in [0.25, 0.3) is 0 Å². The van der Waals surface area contributed by atoms with Crippen molar-refractivity contribution in [2.75, 3.05) is 26.4 Å². The second kappa shape index (κ2) is 8.24. The quantitative estimate of drug-likeness (QED) is 0.636. The Morgan fingerprint density at radius 3 is 2.44 bits per heavy atom. The van der Waals surface area contributed by atoms with Crippen molar-refractivity contribution in [1.82, 2.24) is 0 Å². The summed E-state index contributed by atoms with van der Waals surface area (Å²) in [5.41, 5.74) is 1.07. The molecule has 0 radical (unpaired) electrons. The van der Waals surface area contributed by atoms with E-state index in [9.17, 15) is 5.11 Å². The van der Waals surface area contributed by atoms with E-state index in [2.05, 4.69) is 0 Å². The highest BCUT2D eigenvalue weighted by molar-refractivity contribution is 5.13. The Bertz CT molecular complexity index is 263. The number of aliphatic hydroxyl groups excluding tert-OH is 2.